The minimum atomic E-state index is -2.56. The number of aliphatic carboxylic acids is 1. The Morgan fingerprint density at radius 2 is 1.83 bits per heavy atom. The summed E-state index contributed by atoms with van der Waals surface area (Å²) in [5.74, 6) is -0.914. The molecule has 1 aliphatic heterocycles. The van der Waals surface area contributed by atoms with Crippen LogP contribution in [-0.4, -0.2) is 72.8 Å². The molecule has 3 aromatic rings. The molecule has 0 saturated carbocycles. The van der Waals surface area contributed by atoms with E-state index in [1.807, 2.05) is 0 Å². The molecule has 0 bridgehead atoms. The number of halogens is 2. The third-order valence-electron chi connectivity index (χ3n) is 5.70. The Morgan fingerprint density at radius 3 is 2.43 bits per heavy atom. The fraction of sp³-hybridized carbons (Fsp3) is 0.318. The Bertz CT molecular complexity index is 1200. The number of alkyl halides is 2. The predicted octanol–water partition coefficient (Wildman–Crippen LogP) is 2.74. The fourth-order valence-electron chi connectivity index (χ4n) is 3.76. The second-order valence-electron chi connectivity index (χ2n) is 7.84. The smallest absolute Gasteiger partial charge is 0.408 e. The number of ether oxygens (including phenoxy) is 1. The van der Waals surface area contributed by atoms with Crippen molar-refractivity contribution in [3.05, 3.63) is 59.5 Å². The molecule has 4 rings (SSSR count). The molecule has 11 nitrogen and oxygen atoms in total. The highest BCUT2D eigenvalue weighted by molar-refractivity contribution is 5.80. The van der Waals surface area contributed by atoms with Gasteiger partial charge in [-0.15, -0.1) is 5.10 Å². The van der Waals surface area contributed by atoms with Gasteiger partial charge in [-0.3, -0.25) is 4.90 Å². The fourth-order valence-corrected chi connectivity index (χ4v) is 3.76. The molecule has 13 heteroatoms. The van der Waals surface area contributed by atoms with E-state index in [1.54, 1.807) is 24.0 Å². The largest absolute Gasteiger partial charge is 0.480 e. The molecule has 3 heterocycles. The van der Waals surface area contributed by atoms with Crippen molar-refractivity contribution in [2.75, 3.05) is 24.5 Å². The number of pyridine rings is 1. The number of rotatable bonds is 7. The maximum atomic E-state index is 12.8. The third kappa shape index (κ3) is 5.13. The van der Waals surface area contributed by atoms with Crippen molar-refractivity contribution in [3.63, 3.8) is 0 Å². The molecule has 1 unspecified atom stereocenters. The van der Waals surface area contributed by atoms with Gasteiger partial charge in [0.1, 0.15) is 18.3 Å². The standard InChI is InChI=1S/C22H22F2N6O5/c1-13-18(30(27-26-13)15-4-2-14(3-5-15)20(23)24)12-35-19-7-6-16(10-25-19)28-8-9-29(22(33)34)17(11-28)21(31)32/h2-7,10,17,20H,8-9,11-12H2,1H3,(H,31,32)(H,33,34). The summed E-state index contributed by atoms with van der Waals surface area (Å²) in [6, 6.07) is 7.86. The van der Waals surface area contributed by atoms with E-state index in [-0.39, 0.29) is 25.3 Å². The first-order valence-electron chi connectivity index (χ1n) is 10.6. The molecule has 0 aliphatic carbocycles. The Kier molecular flexibility index (Phi) is 6.75. The van der Waals surface area contributed by atoms with Crippen LogP contribution in [0.2, 0.25) is 0 Å². The SMILES string of the molecule is Cc1nnn(-c2ccc(C(F)F)cc2)c1COc1ccc(N2CCN(C(=O)O)C(C(=O)O)C2)cn1. The number of benzene rings is 1. The maximum Gasteiger partial charge on any atom is 0.408 e. The van der Waals surface area contributed by atoms with Gasteiger partial charge >= 0.3 is 12.1 Å². The number of carbonyl (C=O) groups is 2. The molecular formula is C22H22F2N6O5. The minimum absolute atomic E-state index is 0.00207. The van der Waals surface area contributed by atoms with Crippen LogP contribution in [0.4, 0.5) is 19.3 Å². The topological polar surface area (TPSA) is 134 Å². The van der Waals surface area contributed by atoms with Crippen LogP contribution in [0.15, 0.2) is 42.6 Å². The number of aromatic nitrogens is 4. The molecule has 2 N–H and O–H groups in total. The van der Waals surface area contributed by atoms with Gasteiger partial charge in [-0.05, 0) is 25.1 Å². The quantitative estimate of drug-likeness (QED) is 0.515. The summed E-state index contributed by atoms with van der Waals surface area (Å²) in [6.45, 7) is 2.20. The van der Waals surface area contributed by atoms with Crippen LogP contribution in [0, 0.1) is 6.92 Å². The molecule has 0 spiro atoms. The Balaban J connectivity index is 1.43. The van der Waals surface area contributed by atoms with E-state index in [9.17, 15) is 28.6 Å². The Labute approximate surface area is 198 Å². The van der Waals surface area contributed by atoms with E-state index in [2.05, 4.69) is 15.3 Å². The molecule has 1 amide bonds. The number of carboxylic acids is 1. The van der Waals surface area contributed by atoms with Crippen molar-refractivity contribution >= 4 is 17.7 Å². The number of carboxylic acid groups (broad SMARTS) is 2. The molecule has 35 heavy (non-hydrogen) atoms. The zero-order valence-electron chi connectivity index (χ0n) is 18.6. The van der Waals surface area contributed by atoms with Crippen LogP contribution in [0.3, 0.4) is 0 Å². The van der Waals surface area contributed by atoms with Gasteiger partial charge in [0.15, 0.2) is 0 Å². The van der Waals surface area contributed by atoms with Crippen molar-refractivity contribution in [1.29, 1.82) is 0 Å². The Morgan fingerprint density at radius 1 is 1.11 bits per heavy atom. The van der Waals surface area contributed by atoms with Gasteiger partial charge in [0.25, 0.3) is 6.43 Å². The summed E-state index contributed by atoms with van der Waals surface area (Å²) in [7, 11) is 0. The first kappa shape index (κ1) is 23.9. The molecule has 184 valence electrons. The van der Waals surface area contributed by atoms with E-state index in [4.69, 9.17) is 4.74 Å². The molecule has 1 atom stereocenters. The normalized spacial score (nSPS) is 15.9. The molecule has 1 aromatic carbocycles. The number of anilines is 1. The van der Waals surface area contributed by atoms with E-state index in [0.717, 1.165) is 4.90 Å². The third-order valence-corrected chi connectivity index (χ3v) is 5.70. The minimum Gasteiger partial charge on any atom is -0.480 e. The first-order chi connectivity index (χ1) is 16.7. The van der Waals surface area contributed by atoms with Gasteiger partial charge in [-0.2, -0.15) is 0 Å². The lowest BCUT2D eigenvalue weighted by Crippen LogP contribution is -2.58. The number of piperazine rings is 1. The zero-order chi connectivity index (χ0) is 25.1. The lowest BCUT2D eigenvalue weighted by atomic mass is 10.1. The number of amides is 1. The monoisotopic (exact) mass is 488 g/mol. The van der Waals surface area contributed by atoms with Crippen molar-refractivity contribution in [3.8, 4) is 11.6 Å². The van der Waals surface area contributed by atoms with Crippen LogP contribution in [-0.2, 0) is 11.4 Å². The van der Waals surface area contributed by atoms with Crippen LogP contribution in [0.25, 0.3) is 5.69 Å². The van der Waals surface area contributed by atoms with Crippen molar-refractivity contribution in [2.24, 2.45) is 0 Å². The number of hydrogen-bond donors (Lipinski definition) is 2. The number of hydrogen-bond acceptors (Lipinski definition) is 7. The second-order valence-corrected chi connectivity index (χ2v) is 7.84. The lowest BCUT2D eigenvalue weighted by molar-refractivity contribution is -0.142. The average Bonchev–Trinajstić information content (AvgIpc) is 3.22. The second kappa shape index (κ2) is 9.91. The molecule has 0 radical (unpaired) electrons. The van der Waals surface area contributed by atoms with E-state index < -0.39 is 24.5 Å². The van der Waals surface area contributed by atoms with Crippen LogP contribution in [0.1, 0.15) is 23.4 Å². The van der Waals surface area contributed by atoms with E-state index >= 15 is 0 Å². The summed E-state index contributed by atoms with van der Waals surface area (Å²) in [6.07, 6.45) is -2.31. The maximum absolute atomic E-state index is 12.8. The average molecular weight is 488 g/mol. The molecule has 2 aromatic heterocycles. The van der Waals surface area contributed by atoms with Crippen molar-refractivity contribution in [1.82, 2.24) is 24.9 Å². The highest BCUT2D eigenvalue weighted by Crippen LogP contribution is 2.23. The summed E-state index contributed by atoms with van der Waals surface area (Å²) >= 11 is 0. The van der Waals surface area contributed by atoms with Gasteiger partial charge in [0.05, 0.1) is 23.3 Å². The molecular weight excluding hydrogens is 466 g/mol. The zero-order valence-corrected chi connectivity index (χ0v) is 18.6. The Hall–Kier alpha value is -4.29. The molecule has 1 saturated heterocycles. The van der Waals surface area contributed by atoms with E-state index in [1.165, 1.54) is 35.1 Å². The number of aryl methyl sites for hydroxylation is 1. The molecule has 1 fully saturated rings. The van der Waals surface area contributed by atoms with Gasteiger partial charge < -0.3 is 19.8 Å². The predicted molar refractivity (Wildman–Crippen MR) is 118 cm³/mol. The van der Waals surface area contributed by atoms with Crippen LogP contribution >= 0.6 is 0 Å². The summed E-state index contributed by atoms with van der Waals surface area (Å²) < 4.78 is 32.9. The van der Waals surface area contributed by atoms with Crippen molar-refractivity contribution < 1.29 is 33.3 Å². The van der Waals surface area contributed by atoms with Crippen molar-refractivity contribution in [2.45, 2.75) is 26.0 Å². The van der Waals surface area contributed by atoms with Gasteiger partial charge in [-0.1, -0.05) is 17.3 Å². The van der Waals surface area contributed by atoms with Gasteiger partial charge in [0.2, 0.25) is 5.88 Å². The highest BCUT2D eigenvalue weighted by Gasteiger charge is 2.35. The van der Waals surface area contributed by atoms with Gasteiger partial charge in [-0.25, -0.2) is 28.0 Å². The number of nitrogens with zero attached hydrogens (tertiary/aromatic N) is 6. The van der Waals surface area contributed by atoms with Crippen LogP contribution < -0.4 is 9.64 Å². The summed E-state index contributed by atoms with van der Waals surface area (Å²) in [5, 5.41) is 26.7. The molecule has 1 aliphatic rings. The lowest BCUT2D eigenvalue weighted by Gasteiger charge is -2.38. The summed E-state index contributed by atoms with van der Waals surface area (Å²) in [5.41, 5.74) is 2.33. The van der Waals surface area contributed by atoms with Crippen LogP contribution in [0.5, 0.6) is 5.88 Å². The summed E-state index contributed by atoms with van der Waals surface area (Å²) in [4.78, 5) is 29.7. The van der Waals surface area contributed by atoms with Gasteiger partial charge in [0, 0.05) is 31.3 Å². The first-order valence-corrected chi connectivity index (χ1v) is 10.6. The highest BCUT2D eigenvalue weighted by atomic mass is 19.3. The van der Waals surface area contributed by atoms with E-state index in [0.29, 0.717) is 35.2 Å².